The van der Waals surface area contributed by atoms with Crippen molar-refractivity contribution in [3.05, 3.63) is 29.8 Å². The summed E-state index contributed by atoms with van der Waals surface area (Å²) >= 11 is 0. The van der Waals surface area contributed by atoms with Crippen LogP contribution in [0.4, 0.5) is 13.2 Å². The molecule has 1 unspecified atom stereocenters. The van der Waals surface area contributed by atoms with Crippen molar-refractivity contribution in [3.8, 4) is 5.75 Å². The Balaban J connectivity index is 0.00000420. The summed E-state index contributed by atoms with van der Waals surface area (Å²) in [6.07, 6.45) is -2.19. The molecule has 0 aromatic heterocycles. The van der Waals surface area contributed by atoms with E-state index in [1.54, 1.807) is 7.05 Å². The maximum absolute atomic E-state index is 12.8. The Hall–Kier alpha value is -1.72. The number of alkyl halides is 3. The van der Waals surface area contributed by atoms with Gasteiger partial charge in [0.2, 0.25) is 5.91 Å². The normalized spacial score (nSPS) is 15.1. The van der Waals surface area contributed by atoms with Crippen LogP contribution in [-0.2, 0) is 11.0 Å². The molecule has 0 radical (unpaired) electrons. The van der Waals surface area contributed by atoms with Gasteiger partial charge in [-0.2, -0.15) is 13.2 Å². The third-order valence-electron chi connectivity index (χ3n) is 4.31. The Morgan fingerprint density at radius 2 is 1.93 bits per heavy atom. The first-order valence-electron chi connectivity index (χ1n) is 9.39. The van der Waals surface area contributed by atoms with Crippen molar-refractivity contribution in [2.24, 2.45) is 10.9 Å². The van der Waals surface area contributed by atoms with Crippen molar-refractivity contribution in [2.75, 3.05) is 26.7 Å². The number of amides is 1. The second-order valence-electron chi connectivity index (χ2n) is 6.62. The number of ether oxygens (including phenoxy) is 1. The van der Waals surface area contributed by atoms with Gasteiger partial charge >= 0.3 is 6.18 Å². The van der Waals surface area contributed by atoms with Crippen LogP contribution in [0.15, 0.2) is 29.3 Å². The van der Waals surface area contributed by atoms with E-state index >= 15 is 0 Å². The van der Waals surface area contributed by atoms with Crippen LogP contribution in [0.2, 0.25) is 0 Å². The Labute approximate surface area is 186 Å². The Morgan fingerprint density at radius 3 is 2.52 bits per heavy atom. The summed E-state index contributed by atoms with van der Waals surface area (Å²) in [5.41, 5.74) is -0.737. The molecule has 0 aliphatic heterocycles. The molecule has 1 atom stereocenters. The molecule has 0 heterocycles. The molecule has 164 valence electrons. The lowest BCUT2D eigenvalue weighted by atomic mass is 10.2. The molecule has 6 nitrogen and oxygen atoms in total. The summed E-state index contributed by atoms with van der Waals surface area (Å²) in [6, 6.07) is 4.85. The van der Waals surface area contributed by atoms with Crippen molar-refractivity contribution in [1.82, 2.24) is 16.0 Å². The summed E-state index contributed by atoms with van der Waals surface area (Å²) in [5.74, 6) is 0.974. The average molecular weight is 528 g/mol. The van der Waals surface area contributed by atoms with Crippen molar-refractivity contribution in [1.29, 1.82) is 0 Å². The molecule has 0 saturated heterocycles. The lowest BCUT2D eigenvalue weighted by Gasteiger charge is -2.20. The number of carbonyl (C=O) groups is 1. The van der Waals surface area contributed by atoms with E-state index in [4.69, 9.17) is 4.74 Å². The van der Waals surface area contributed by atoms with Gasteiger partial charge in [-0.05, 0) is 37.5 Å². The molecule has 1 aromatic carbocycles. The maximum atomic E-state index is 12.8. The van der Waals surface area contributed by atoms with E-state index in [1.165, 1.54) is 12.1 Å². The fraction of sp³-hybridized carbons (Fsp3) is 0.579. The second kappa shape index (κ2) is 12.1. The third kappa shape index (κ3) is 9.09. The minimum Gasteiger partial charge on any atom is -0.489 e. The Bertz CT molecular complexity index is 682. The highest BCUT2D eigenvalue weighted by atomic mass is 127. The molecule has 1 fully saturated rings. The summed E-state index contributed by atoms with van der Waals surface area (Å²) in [7, 11) is 1.62. The number of rotatable bonds is 9. The predicted octanol–water partition coefficient (Wildman–Crippen LogP) is 3.17. The van der Waals surface area contributed by atoms with Gasteiger partial charge in [-0.25, -0.2) is 0 Å². The molecule has 3 N–H and O–H groups in total. The highest BCUT2D eigenvalue weighted by Gasteiger charge is 2.31. The SMILES string of the molecule is CCC(CNC(=NC)NCCNC(=O)C1CC1)Oc1cccc(C(F)(F)F)c1.I. The van der Waals surface area contributed by atoms with Crippen LogP contribution in [0.1, 0.15) is 31.7 Å². The van der Waals surface area contributed by atoms with Gasteiger partial charge in [0.1, 0.15) is 11.9 Å². The summed E-state index contributed by atoms with van der Waals surface area (Å²) in [4.78, 5) is 15.7. The van der Waals surface area contributed by atoms with Crippen molar-refractivity contribution in [3.63, 3.8) is 0 Å². The standard InChI is InChI=1S/C19H27F3N4O2.HI/c1-3-15(28-16-6-4-5-14(11-16)19(20,21)22)12-26-18(23-2)25-10-9-24-17(27)13-7-8-13;/h4-6,11,13,15H,3,7-10,12H2,1-2H3,(H,24,27)(H2,23,25,26);1H. The van der Waals surface area contributed by atoms with Gasteiger partial charge in [0.25, 0.3) is 0 Å². The minimum atomic E-state index is -4.40. The quantitative estimate of drug-likeness (QED) is 0.199. The first kappa shape index (κ1) is 25.3. The number of hydrogen-bond acceptors (Lipinski definition) is 3. The number of benzene rings is 1. The monoisotopic (exact) mass is 528 g/mol. The van der Waals surface area contributed by atoms with Crippen LogP contribution < -0.4 is 20.7 Å². The molecule has 1 amide bonds. The maximum Gasteiger partial charge on any atom is 0.416 e. The molecule has 2 rings (SSSR count). The summed E-state index contributed by atoms with van der Waals surface area (Å²) in [5, 5.41) is 9.01. The zero-order chi connectivity index (χ0) is 20.6. The van der Waals surface area contributed by atoms with E-state index in [0.29, 0.717) is 32.0 Å². The highest BCUT2D eigenvalue weighted by Crippen LogP contribution is 2.31. The molecular weight excluding hydrogens is 500 g/mol. The van der Waals surface area contributed by atoms with Crippen LogP contribution in [0.5, 0.6) is 5.75 Å². The number of nitrogens with one attached hydrogen (secondary N) is 3. The smallest absolute Gasteiger partial charge is 0.416 e. The Morgan fingerprint density at radius 1 is 1.24 bits per heavy atom. The van der Waals surface area contributed by atoms with E-state index in [-0.39, 0.29) is 47.7 Å². The zero-order valence-corrected chi connectivity index (χ0v) is 18.8. The molecule has 1 aliphatic carbocycles. The van der Waals surface area contributed by atoms with Gasteiger partial charge in [-0.1, -0.05) is 13.0 Å². The second-order valence-corrected chi connectivity index (χ2v) is 6.62. The lowest BCUT2D eigenvalue weighted by molar-refractivity contribution is -0.137. The number of halogens is 4. The van der Waals surface area contributed by atoms with Crippen LogP contribution in [-0.4, -0.2) is 44.7 Å². The number of nitrogens with zero attached hydrogens (tertiary/aromatic N) is 1. The van der Waals surface area contributed by atoms with Gasteiger partial charge in [-0.15, -0.1) is 24.0 Å². The fourth-order valence-electron chi connectivity index (χ4n) is 2.50. The van der Waals surface area contributed by atoms with E-state index < -0.39 is 11.7 Å². The molecule has 1 aliphatic rings. The van der Waals surface area contributed by atoms with Crippen molar-refractivity contribution < 1.29 is 22.7 Å². The molecular formula is C19H28F3IN4O2. The van der Waals surface area contributed by atoms with Crippen LogP contribution >= 0.6 is 24.0 Å². The van der Waals surface area contributed by atoms with Gasteiger partial charge in [0.15, 0.2) is 5.96 Å². The van der Waals surface area contributed by atoms with E-state index in [9.17, 15) is 18.0 Å². The van der Waals surface area contributed by atoms with Crippen LogP contribution in [0.3, 0.4) is 0 Å². The molecule has 0 bridgehead atoms. The molecule has 1 saturated carbocycles. The topological polar surface area (TPSA) is 74.8 Å². The molecule has 1 aromatic rings. The molecule has 10 heteroatoms. The van der Waals surface area contributed by atoms with Crippen LogP contribution in [0.25, 0.3) is 0 Å². The molecule has 29 heavy (non-hydrogen) atoms. The predicted molar refractivity (Wildman–Crippen MR) is 117 cm³/mol. The van der Waals surface area contributed by atoms with Gasteiger partial charge < -0.3 is 20.7 Å². The third-order valence-corrected chi connectivity index (χ3v) is 4.31. The van der Waals surface area contributed by atoms with Gasteiger partial charge in [0.05, 0.1) is 12.1 Å². The number of aliphatic imine (C=N–C) groups is 1. The highest BCUT2D eigenvalue weighted by molar-refractivity contribution is 14.0. The first-order chi connectivity index (χ1) is 13.3. The van der Waals surface area contributed by atoms with Crippen molar-refractivity contribution in [2.45, 2.75) is 38.5 Å². The minimum absolute atomic E-state index is 0. The van der Waals surface area contributed by atoms with Crippen LogP contribution in [0, 0.1) is 5.92 Å². The summed E-state index contributed by atoms with van der Waals surface area (Å²) < 4.78 is 44.1. The molecule has 0 spiro atoms. The Kier molecular flexibility index (Phi) is 10.5. The fourth-order valence-corrected chi connectivity index (χ4v) is 2.50. The van der Waals surface area contributed by atoms with Gasteiger partial charge in [-0.3, -0.25) is 9.79 Å². The van der Waals surface area contributed by atoms with E-state index in [1.807, 2.05) is 6.92 Å². The van der Waals surface area contributed by atoms with Crippen molar-refractivity contribution >= 4 is 35.8 Å². The van der Waals surface area contributed by atoms with Gasteiger partial charge in [0, 0.05) is 26.1 Å². The number of guanidine groups is 1. The van der Waals surface area contributed by atoms with E-state index in [0.717, 1.165) is 25.0 Å². The van der Waals surface area contributed by atoms with E-state index in [2.05, 4.69) is 20.9 Å². The lowest BCUT2D eigenvalue weighted by Crippen LogP contribution is -2.44. The number of carbonyl (C=O) groups excluding carboxylic acids is 1. The summed E-state index contributed by atoms with van der Waals surface area (Å²) in [6.45, 7) is 3.28. The zero-order valence-electron chi connectivity index (χ0n) is 16.5. The average Bonchev–Trinajstić information content (AvgIpc) is 3.51. The number of hydrogen-bond donors (Lipinski definition) is 3. The largest absolute Gasteiger partial charge is 0.489 e. The first-order valence-corrected chi connectivity index (χ1v) is 9.39.